The van der Waals surface area contributed by atoms with Gasteiger partial charge in [-0.25, -0.2) is 4.68 Å². The molecule has 1 saturated carbocycles. The monoisotopic (exact) mass is 307 g/mol. The summed E-state index contributed by atoms with van der Waals surface area (Å²) < 4.78 is 2.82. The lowest BCUT2D eigenvalue weighted by molar-refractivity contribution is 0.148. The highest BCUT2D eigenvalue weighted by Crippen LogP contribution is 2.40. The van der Waals surface area contributed by atoms with Gasteiger partial charge in [0.25, 0.3) is 0 Å². The second kappa shape index (κ2) is 4.05. The van der Waals surface area contributed by atoms with Gasteiger partial charge in [0, 0.05) is 15.7 Å². The van der Waals surface area contributed by atoms with E-state index in [2.05, 4.69) is 38.4 Å². The van der Waals surface area contributed by atoms with Crippen molar-refractivity contribution < 1.29 is 0 Å². The van der Waals surface area contributed by atoms with Gasteiger partial charge in [-0.2, -0.15) is 0 Å². The second-order valence-corrected chi connectivity index (χ2v) is 5.86. The molecule has 6 heteroatoms. The van der Waals surface area contributed by atoms with E-state index < -0.39 is 0 Å². The van der Waals surface area contributed by atoms with Crippen molar-refractivity contribution in [3.8, 4) is 11.4 Å². The molecule has 0 aliphatic heterocycles. The van der Waals surface area contributed by atoms with Crippen LogP contribution in [0.1, 0.15) is 26.2 Å². The van der Waals surface area contributed by atoms with Crippen LogP contribution < -0.4 is 5.73 Å². The highest BCUT2D eigenvalue weighted by atomic mass is 79.9. The number of aromatic nitrogens is 4. The zero-order chi connectivity index (χ0) is 12.8. The maximum Gasteiger partial charge on any atom is 0.182 e. The van der Waals surface area contributed by atoms with Gasteiger partial charge in [-0.15, -0.1) is 5.10 Å². The van der Waals surface area contributed by atoms with E-state index >= 15 is 0 Å². The molecular weight excluding hydrogens is 294 g/mol. The maximum atomic E-state index is 5.91. The van der Waals surface area contributed by atoms with Crippen LogP contribution in [0.4, 0.5) is 5.69 Å². The van der Waals surface area contributed by atoms with Gasteiger partial charge in [0.1, 0.15) is 0 Å². The molecule has 1 fully saturated rings. The summed E-state index contributed by atoms with van der Waals surface area (Å²) in [5.74, 6) is 0.788. The van der Waals surface area contributed by atoms with Crippen molar-refractivity contribution in [3.63, 3.8) is 0 Å². The van der Waals surface area contributed by atoms with Crippen molar-refractivity contribution >= 4 is 21.6 Å². The molecule has 5 nitrogen and oxygen atoms in total. The molecule has 0 bridgehead atoms. The minimum atomic E-state index is 0.0562. The van der Waals surface area contributed by atoms with Crippen LogP contribution in [0.15, 0.2) is 22.7 Å². The van der Waals surface area contributed by atoms with E-state index in [1.54, 1.807) is 0 Å². The normalized spacial score (nSPS) is 17.4. The standard InChI is InChI=1S/C12H14BrN5/c1-12(5-2-6-12)18-11(15-16-17-18)8-3-4-9(13)10(14)7-8/h3-4,7H,2,5-6,14H2,1H3. The van der Waals surface area contributed by atoms with E-state index in [1.165, 1.54) is 6.42 Å². The molecule has 2 N–H and O–H groups in total. The first-order valence-corrected chi connectivity index (χ1v) is 6.74. The first kappa shape index (κ1) is 11.6. The number of tetrazole rings is 1. The molecule has 0 atom stereocenters. The lowest BCUT2D eigenvalue weighted by Gasteiger charge is -2.38. The number of rotatable bonds is 2. The highest BCUT2D eigenvalue weighted by molar-refractivity contribution is 9.10. The van der Waals surface area contributed by atoms with E-state index in [4.69, 9.17) is 5.73 Å². The van der Waals surface area contributed by atoms with Crippen LogP contribution in [0, 0.1) is 0 Å². The summed E-state index contributed by atoms with van der Waals surface area (Å²) in [5.41, 5.74) is 7.61. The number of nitrogens with two attached hydrogens (primary N) is 1. The largest absolute Gasteiger partial charge is 0.398 e. The van der Waals surface area contributed by atoms with Crippen molar-refractivity contribution in [3.05, 3.63) is 22.7 Å². The van der Waals surface area contributed by atoms with E-state index in [9.17, 15) is 0 Å². The van der Waals surface area contributed by atoms with Crippen LogP contribution in [0.5, 0.6) is 0 Å². The van der Waals surface area contributed by atoms with Gasteiger partial charge in [0.15, 0.2) is 5.82 Å². The molecule has 3 rings (SSSR count). The fraction of sp³-hybridized carbons (Fsp3) is 0.417. The summed E-state index contributed by atoms with van der Waals surface area (Å²) in [4.78, 5) is 0. The van der Waals surface area contributed by atoms with Crippen LogP contribution in [0.3, 0.4) is 0 Å². The average molecular weight is 308 g/mol. The zero-order valence-electron chi connectivity index (χ0n) is 10.1. The molecule has 18 heavy (non-hydrogen) atoms. The van der Waals surface area contributed by atoms with Crippen molar-refractivity contribution in [1.82, 2.24) is 20.2 Å². The lowest BCUT2D eigenvalue weighted by atomic mass is 9.78. The third-order valence-corrected chi connectivity index (χ3v) is 4.39. The highest BCUT2D eigenvalue weighted by Gasteiger charge is 2.37. The Labute approximate surface area is 113 Å². The van der Waals surface area contributed by atoms with Crippen LogP contribution in [-0.4, -0.2) is 20.2 Å². The van der Waals surface area contributed by atoms with Gasteiger partial charge in [0.2, 0.25) is 0 Å². The first-order chi connectivity index (χ1) is 8.60. The number of hydrogen-bond acceptors (Lipinski definition) is 4. The fourth-order valence-corrected chi connectivity index (χ4v) is 2.56. The molecule has 0 saturated heterocycles. The van der Waals surface area contributed by atoms with E-state index in [1.807, 2.05) is 22.9 Å². The summed E-state index contributed by atoms with van der Waals surface area (Å²) in [6.07, 6.45) is 3.48. The van der Waals surface area contributed by atoms with Crippen molar-refractivity contribution in [2.45, 2.75) is 31.7 Å². The van der Waals surface area contributed by atoms with Crippen molar-refractivity contribution in [1.29, 1.82) is 0 Å². The Bertz CT molecular complexity index is 588. The second-order valence-electron chi connectivity index (χ2n) is 5.00. The van der Waals surface area contributed by atoms with Gasteiger partial charge in [0.05, 0.1) is 5.54 Å². The van der Waals surface area contributed by atoms with Crippen LogP contribution in [0.2, 0.25) is 0 Å². The Kier molecular flexibility index (Phi) is 2.62. The Morgan fingerprint density at radius 1 is 1.39 bits per heavy atom. The molecule has 1 aliphatic carbocycles. The predicted octanol–water partition coefficient (Wildman–Crippen LogP) is 2.58. The Balaban J connectivity index is 2.07. The number of nitrogens with zero attached hydrogens (tertiary/aromatic N) is 4. The maximum absolute atomic E-state index is 5.91. The van der Waals surface area contributed by atoms with Crippen molar-refractivity contribution in [2.24, 2.45) is 0 Å². The molecular formula is C12H14BrN5. The Morgan fingerprint density at radius 3 is 2.78 bits per heavy atom. The minimum Gasteiger partial charge on any atom is -0.398 e. The molecule has 1 aliphatic rings. The summed E-state index contributed by atoms with van der Waals surface area (Å²) >= 11 is 3.39. The van der Waals surface area contributed by atoms with E-state index in [0.717, 1.165) is 28.7 Å². The quantitative estimate of drug-likeness (QED) is 0.866. The summed E-state index contributed by atoms with van der Waals surface area (Å²) in [6, 6.07) is 5.80. The van der Waals surface area contributed by atoms with Crippen molar-refractivity contribution in [2.75, 3.05) is 5.73 Å². The smallest absolute Gasteiger partial charge is 0.182 e. The summed E-state index contributed by atoms with van der Waals surface area (Å²) in [6.45, 7) is 2.19. The number of hydrogen-bond donors (Lipinski definition) is 1. The van der Waals surface area contributed by atoms with Crippen LogP contribution in [-0.2, 0) is 5.54 Å². The Morgan fingerprint density at radius 2 is 2.17 bits per heavy atom. The van der Waals surface area contributed by atoms with E-state index in [-0.39, 0.29) is 5.54 Å². The molecule has 2 aromatic rings. The number of anilines is 1. The SMILES string of the molecule is CC1(n2nnnc2-c2ccc(Br)c(N)c2)CCC1. The molecule has 0 unspecified atom stereocenters. The zero-order valence-corrected chi connectivity index (χ0v) is 11.7. The van der Waals surface area contributed by atoms with Gasteiger partial charge >= 0.3 is 0 Å². The number of halogens is 1. The topological polar surface area (TPSA) is 69.6 Å². The van der Waals surface area contributed by atoms with Crippen LogP contribution in [0.25, 0.3) is 11.4 Å². The molecule has 1 aromatic heterocycles. The average Bonchev–Trinajstić information content (AvgIpc) is 2.79. The lowest BCUT2D eigenvalue weighted by Crippen LogP contribution is -2.38. The summed E-state index contributed by atoms with van der Waals surface area (Å²) in [7, 11) is 0. The molecule has 0 spiro atoms. The molecule has 1 aromatic carbocycles. The molecule has 94 valence electrons. The fourth-order valence-electron chi connectivity index (χ4n) is 2.31. The van der Waals surface area contributed by atoms with Gasteiger partial charge in [-0.3, -0.25) is 0 Å². The minimum absolute atomic E-state index is 0.0562. The third-order valence-electron chi connectivity index (χ3n) is 3.67. The third kappa shape index (κ3) is 1.71. The van der Waals surface area contributed by atoms with E-state index in [0.29, 0.717) is 5.69 Å². The number of nitrogen functional groups attached to an aromatic ring is 1. The van der Waals surface area contributed by atoms with Gasteiger partial charge in [-0.05, 0) is 70.7 Å². The van der Waals surface area contributed by atoms with Gasteiger partial charge in [-0.1, -0.05) is 0 Å². The van der Waals surface area contributed by atoms with Gasteiger partial charge < -0.3 is 5.73 Å². The Hall–Kier alpha value is -1.43. The molecule has 1 heterocycles. The number of benzene rings is 1. The molecule has 0 radical (unpaired) electrons. The molecule has 0 amide bonds. The van der Waals surface area contributed by atoms with Crippen LogP contribution >= 0.6 is 15.9 Å². The first-order valence-electron chi connectivity index (χ1n) is 5.94. The summed E-state index contributed by atoms with van der Waals surface area (Å²) in [5, 5.41) is 12.1. The predicted molar refractivity (Wildman–Crippen MR) is 72.9 cm³/mol.